The molecule has 1 unspecified atom stereocenters. The molecule has 0 aromatic carbocycles. The Morgan fingerprint density at radius 1 is 1.33 bits per heavy atom. The number of hydrogen-bond donors (Lipinski definition) is 1. The first-order valence-electron chi connectivity index (χ1n) is 7.25. The van der Waals surface area contributed by atoms with Gasteiger partial charge in [0.15, 0.2) is 0 Å². The summed E-state index contributed by atoms with van der Waals surface area (Å²) >= 11 is 1.76. The Morgan fingerprint density at radius 3 is 2.62 bits per heavy atom. The molecule has 5 nitrogen and oxygen atoms in total. The highest BCUT2D eigenvalue weighted by Crippen LogP contribution is 2.20. The molecule has 1 atom stereocenters. The number of thioether (sulfide) groups is 1. The summed E-state index contributed by atoms with van der Waals surface area (Å²) in [4.78, 5) is 4.52. The third kappa shape index (κ3) is 4.34. The number of rotatable bonds is 6. The van der Waals surface area contributed by atoms with Crippen LogP contribution in [0.5, 0.6) is 0 Å². The van der Waals surface area contributed by atoms with Crippen LogP contribution >= 0.6 is 11.8 Å². The molecule has 0 radical (unpaired) electrons. The van der Waals surface area contributed by atoms with E-state index in [1.165, 1.54) is 6.20 Å². The molecule has 1 aromatic heterocycles. The van der Waals surface area contributed by atoms with Crippen LogP contribution in [-0.4, -0.2) is 48.8 Å². The second-order valence-corrected chi connectivity index (χ2v) is 8.19. The predicted molar refractivity (Wildman–Crippen MR) is 88.3 cm³/mol. The zero-order valence-corrected chi connectivity index (χ0v) is 14.2. The Morgan fingerprint density at radius 2 is 2.05 bits per heavy atom. The highest BCUT2D eigenvalue weighted by atomic mass is 32.2. The maximum absolute atomic E-state index is 12.5. The lowest BCUT2D eigenvalue weighted by Gasteiger charge is -2.25. The van der Waals surface area contributed by atoms with Crippen LogP contribution in [0.1, 0.15) is 26.2 Å². The fourth-order valence-electron chi connectivity index (χ4n) is 2.42. The molecule has 0 spiro atoms. The summed E-state index contributed by atoms with van der Waals surface area (Å²) in [5, 5.41) is 3.26. The number of aromatic nitrogens is 1. The van der Waals surface area contributed by atoms with Crippen LogP contribution < -0.4 is 5.32 Å². The second kappa shape index (κ2) is 7.47. The van der Waals surface area contributed by atoms with Crippen molar-refractivity contribution in [2.45, 2.75) is 37.1 Å². The van der Waals surface area contributed by atoms with Crippen LogP contribution in [0.2, 0.25) is 0 Å². The van der Waals surface area contributed by atoms with E-state index >= 15 is 0 Å². The van der Waals surface area contributed by atoms with E-state index in [9.17, 15) is 8.42 Å². The molecule has 1 N–H and O–H groups in total. The topological polar surface area (TPSA) is 62.3 Å². The van der Waals surface area contributed by atoms with Gasteiger partial charge in [-0.25, -0.2) is 13.4 Å². The number of anilines is 1. The van der Waals surface area contributed by atoms with Gasteiger partial charge in [0.2, 0.25) is 10.0 Å². The highest BCUT2D eigenvalue weighted by Gasteiger charge is 2.26. The van der Waals surface area contributed by atoms with Gasteiger partial charge >= 0.3 is 0 Å². The number of hydrogen-bond acceptors (Lipinski definition) is 5. The summed E-state index contributed by atoms with van der Waals surface area (Å²) in [5.41, 5.74) is 0. The quantitative estimate of drug-likeness (QED) is 0.868. The van der Waals surface area contributed by atoms with Gasteiger partial charge in [-0.2, -0.15) is 16.1 Å². The third-order valence-corrected chi connectivity index (χ3v) is 6.22. The van der Waals surface area contributed by atoms with E-state index in [2.05, 4.69) is 23.5 Å². The Bertz CT molecular complexity index is 540. The SMILES string of the molecule is CSCC(C)Nc1ccc(S(=O)(=O)N2CCCCC2)cn1. The van der Waals surface area contributed by atoms with Gasteiger partial charge in [0.25, 0.3) is 0 Å². The molecule has 21 heavy (non-hydrogen) atoms. The predicted octanol–water partition coefficient (Wildman–Crippen LogP) is 2.42. The van der Waals surface area contributed by atoms with Crippen LogP contribution in [0.15, 0.2) is 23.2 Å². The molecular weight excluding hydrogens is 306 g/mol. The molecule has 1 fully saturated rings. The van der Waals surface area contributed by atoms with E-state index in [0.29, 0.717) is 24.9 Å². The minimum atomic E-state index is -3.38. The van der Waals surface area contributed by atoms with Crippen molar-refractivity contribution < 1.29 is 8.42 Å². The van der Waals surface area contributed by atoms with Gasteiger partial charge in [0.1, 0.15) is 10.7 Å². The number of nitrogens with one attached hydrogen (secondary N) is 1. The fourth-order valence-corrected chi connectivity index (χ4v) is 4.46. The largest absolute Gasteiger partial charge is 0.367 e. The summed E-state index contributed by atoms with van der Waals surface area (Å²) in [6.45, 7) is 3.32. The molecule has 118 valence electrons. The first-order chi connectivity index (χ1) is 10.0. The lowest BCUT2D eigenvalue weighted by molar-refractivity contribution is 0.346. The van der Waals surface area contributed by atoms with Crippen molar-refractivity contribution in [2.75, 3.05) is 30.4 Å². The molecule has 1 saturated heterocycles. The zero-order valence-electron chi connectivity index (χ0n) is 12.6. The normalized spacial score (nSPS) is 18.4. The Labute approximate surface area is 131 Å². The number of nitrogens with zero attached hydrogens (tertiary/aromatic N) is 2. The molecule has 2 rings (SSSR count). The van der Waals surface area contributed by atoms with Gasteiger partial charge in [0.05, 0.1) is 0 Å². The van der Waals surface area contributed by atoms with E-state index in [1.807, 2.05) is 0 Å². The lowest BCUT2D eigenvalue weighted by atomic mass is 10.2. The van der Waals surface area contributed by atoms with Crippen molar-refractivity contribution in [1.82, 2.24) is 9.29 Å². The smallest absolute Gasteiger partial charge is 0.244 e. The summed E-state index contributed by atoms with van der Waals surface area (Å²) in [6, 6.07) is 3.69. The van der Waals surface area contributed by atoms with Crippen molar-refractivity contribution >= 4 is 27.6 Å². The van der Waals surface area contributed by atoms with Crippen LogP contribution in [0, 0.1) is 0 Å². The summed E-state index contributed by atoms with van der Waals surface area (Å²) < 4.78 is 26.5. The van der Waals surface area contributed by atoms with Gasteiger partial charge in [0, 0.05) is 31.1 Å². The Balaban J connectivity index is 2.07. The van der Waals surface area contributed by atoms with Crippen molar-refractivity contribution in [1.29, 1.82) is 0 Å². The summed E-state index contributed by atoms with van der Waals surface area (Å²) in [6.07, 6.45) is 6.51. The average Bonchev–Trinajstić information content (AvgIpc) is 2.49. The fraction of sp³-hybridized carbons (Fsp3) is 0.643. The summed E-state index contributed by atoms with van der Waals surface area (Å²) in [7, 11) is -3.38. The standard InChI is InChI=1S/C14H23N3O2S2/c1-12(11-20-2)16-14-7-6-13(10-15-14)21(18,19)17-8-4-3-5-9-17/h6-7,10,12H,3-5,8-9,11H2,1-2H3,(H,15,16). The third-order valence-electron chi connectivity index (χ3n) is 3.50. The summed E-state index contributed by atoms with van der Waals surface area (Å²) in [5.74, 6) is 1.70. The van der Waals surface area contributed by atoms with Gasteiger partial charge in [-0.15, -0.1) is 0 Å². The van der Waals surface area contributed by atoms with Crippen molar-refractivity contribution in [3.63, 3.8) is 0 Å². The van der Waals surface area contributed by atoms with Crippen LogP contribution in [0.4, 0.5) is 5.82 Å². The Kier molecular flexibility index (Phi) is 5.89. The van der Waals surface area contributed by atoms with Gasteiger partial charge < -0.3 is 5.32 Å². The lowest BCUT2D eigenvalue weighted by Crippen LogP contribution is -2.35. The number of piperidine rings is 1. The van der Waals surface area contributed by atoms with Gasteiger partial charge in [-0.1, -0.05) is 6.42 Å². The second-order valence-electron chi connectivity index (χ2n) is 5.34. The van der Waals surface area contributed by atoms with Gasteiger partial charge in [-0.3, -0.25) is 0 Å². The first-order valence-corrected chi connectivity index (χ1v) is 10.1. The van der Waals surface area contributed by atoms with Crippen molar-refractivity contribution in [3.8, 4) is 0 Å². The van der Waals surface area contributed by atoms with Gasteiger partial charge in [-0.05, 0) is 38.2 Å². The average molecular weight is 329 g/mol. The molecular formula is C14H23N3O2S2. The number of sulfonamides is 1. The number of pyridine rings is 1. The van der Waals surface area contributed by atoms with E-state index in [1.54, 1.807) is 28.2 Å². The molecule has 0 amide bonds. The zero-order chi connectivity index (χ0) is 15.3. The minimum absolute atomic E-state index is 0.285. The molecule has 0 bridgehead atoms. The van der Waals surface area contributed by atoms with Crippen LogP contribution in [0.25, 0.3) is 0 Å². The Hall–Kier alpha value is -0.790. The highest BCUT2D eigenvalue weighted by molar-refractivity contribution is 7.98. The van der Waals surface area contributed by atoms with E-state index in [4.69, 9.17) is 0 Å². The van der Waals surface area contributed by atoms with Crippen LogP contribution in [-0.2, 0) is 10.0 Å². The molecule has 7 heteroatoms. The maximum Gasteiger partial charge on any atom is 0.244 e. The van der Waals surface area contributed by atoms with Crippen LogP contribution in [0.3, 0.4) is 0 Å². The van der Waals surface area contributed by atoms with E-state index < -0.39 is 10.0 Å². The van der Waals surface area contributed by atoms with Crippen molar-refractivity contribution in [2.24, 2.45) is 0 Å². The molecule has 2 heterocycles. The van der Waals surface area contributed by atoms with Crippen molar-refractivity contribution in [3.05, 3.63) is 18.3 Å². The minimum Gasteiger partial charge on any atom is -0.367 e. The van der Waals surface area contributed by atoms with E-state index in [0.717, 1.165) is 25.0 Å². The monoisotopic (exact) mass is 329 g/mol. The molecule has 1 aliphatic rings. The van der Waals surface area contributed by atoms with E-state index in [-0.39, 0.29) is 4.90 Å². The molecule has 0 saturated carbocycles. The maximum atomic E-state index is 12.5. The molecule has 1 aliphatic heterocycles. The molecule has 1 aromatic rings. The first kappa shape index (κ1) is 16.6. The molecule has 0 aliphatic carbocycles.